The molecule has 0 aromatic rings. The highest BCUT2D eigenvalue weighted by molar-refractivity contribution is 5.81. The summed E-state index contributed by atoms with van der Waals surface area (Å²) in [5, 5.41) is 6.51. The third kappa shape index (κ3) is 8.25. The number of unbranched alkanes of at least 4 members (excludes halogenated alkanes) is 1. The van der Waals surface area contributed by atoms with Crippen LogP contribution in [0.3, 0.4) is 0 Å². The van der Waals surface area contributed by atoms with E-state index in [1.54, 1.807) is 0 Å². The minimum absolute atomic E-state index is 0.262. The van der Waals surface area contributed by atoms with Crippen LogP contribution in [0.25, 0.3) is 0 Å². The first-order valence-electron chi connectivity index (χ1n) is 8.93. The topological polar surface area (TPSA) is 56.7 Å². The Kier molecular flexibility index (Phi) is 9.67. The quantitative estimate of drug-likeness (QED) is 0.390. The molecule has 5 nitrogen and oxygen atoms in total. The lowest BCUT2D eigenvalue weighted by atomic mass is 10.1. The molecule has 5 heteroatoms. The van der Waals surface area contributed by atoms with Crippen LogP contribution in [0.5, 0.6) is 0 Å². The van der Waals surface area contributed by atoms with Crippen LogP contribution in [0.1, 0.15) is 59.3 Å². The molecule has 0 aliphatic carbocycles. The number of likely N-dealkylation sites (tertiary alicyclic amines) is 1. The first kappa shape index (κ1) is 18.8. The van der Waals surface area contributed by atoms with Gasteiger partial charge in [0.25, 0.3) is 0 Å². The van der Waals surface area contributed by atoms with E-state index >= 15 is 0 Å². The average Bonchev–Trinajstić information content (AvgIpc) is 3.00. The van der Waals surface area contributed by atoms with E-state index in [9.17, 15) is 4.79 Å². The van der Waals surface area contributed by atoms with Crippen molar-refractivity contribution in [2.75, 3.05) is 32.7 Å². The number of hydrogen-bond donors (Lipinski definition) is 2. The van der Waals surface area contributed by atoms with Gasteiger partial charge in [-0.3, -0.25) is 9.79 Å². The number of nitrogens with one attached hydrogen (secondary N) is 2. The fourth-order valence-electron chi connectivity index (χ4n) is 2.61. The summed E-state index contributed by atoms with van der Waals surface area (Å²) in [5.41, 5.74) is 0. The molecule has 1 heterocycles. The summed E-state index contributed by atoms with van der Waals surface area (Å²) in [5.74, 6) is 1.87. The Balaban J connectivity index is 2.20. The van der Waals surface area contributed by atoms with Crippen LogP contribution in [0.4, 0.5) is 0 Å². The molecule has 1 aliphatic rings. The van der Waals surface area contributed by atoms with Gasteiger partial charge in [-0.2, -0.15) is 0 Å². The predicted molar refractivity (Wildman–Crippen MR) is 93.1 cm³/mol. The normalized spacial score (nSPS) is 15.5. The van der Waals surface area contributed by atoms with Crippen molar-refractivity contribution in [3.63, 3.8) is 0 Å². The minimum atomic E-state index is 0.262. The summed E-state index contributed by atoms with van der Waals surface area (Å²) in [6.07, 6.45) is 6.48. The number of rotatable bonds is 9. The maximum atomic E-state index is 12.0. The number of amides is 1. The van der Waals surface area contributed by atoms with Crippen molar-refractivity contribution in [3.8, 4) is 0 Å². The van der Waals surface area contributed by atoms with Gasteiger partial charge < -0.3 is 15.5 Å². The van der Waals surface area contributed by atoms with E-state index in [1.165, 1.54) is 12.8 Å². The lowest BCUT2D eigenvalue weighted by Crippen LogP contribution is -2.39. The van der Waals surface area contributed by atoms with Gasteiger partial charge in [0.15, 0.2) is 5.96 Å². The highest BCUT2D eigenvalue weighted by Crippen LogP contribution is 2.08. The Bertz CT molecular complexity index is 336. The molecule has 0 spiro atoms. The van der Waals surface area contributed by atoms with E-state index in [1.807, 2.05) is 4.90 Å². The molecule has 1 saturated heterocycles. The Morgan fingerprint density at radius 2 is 1.91 bits per heavy atom. The number of carbonyl (C=O) groups is 1. The van der Waals surface area contributed by atoms with Crippen LogP contribution < -0.4 is 10.6 Å². The predicted octanol–water partition coefficient (Wildman–Crippen LogP) is 2.38. The minimum Gasteiger partial charge on any atom is -0.357 e. The van der Waals surface area contributed by atoms with Crippen molar-refractivity contribution in [1.82, 2.24) is 15.5 Å². The van der Waals surface area contributed by atoms with Crippen LogP contribution in [0.2, 0.25) is 0 Å². The van der Waals surface area contributed by atoms with Gasteiger partial charge in [0.1, 0.15) is 0 Å². The molecule has 22 heavy (non-hydrogen) atoms. The second kappa shape index (κ2) is 11.3. The highest BCUT2D eigenvalue weighted by Gasteiger charge is 2.17. The maximum absolute atomic E-state index is 12.0. The number of nitrogens with zero attached hydrogens (tertiary/aromatic N) is 2. The van der Waals surface area contributed by atoms with E-state index in [0.29, 0.717) is 13.0 Å². The molecular formula is C17H34N4O. The SMILES string of the molecule is CCNC(=NCCCCC(C)C)NCCC(=O)N1CCCC1. The summed E-state index contributed by atoms with van der Waals surface area (Å²) in [7, 11) is 0. The Labute approximate surface area is 135 Å². The highest BCUT2D eigenvalue weighted by atomic mass is 16.2. The van der Waals surface area contributed by atoms with Crippen molar-refractivity contribution in [2.24, 2.45) is 10.9 Å². The average molecular weight is 310 g/mol. The van der Waals surface area contributed by atoms with Gasteiger partial charge in [0.2, 0.25) is 5.91 Å². The van der Waals surface area contributed by atoms with Gasteiger partial charge in [-0.1, -0.05) is 26.7 Å². The molecule has 1 rings (SSSR count). The molecule has 0 saturated carbocycles. The van der Waals surface area contributed by atoms with E-state index in [-0.39, 0.29) is 5.91 Å². The molecule has 1 aliphatic heterocycles. The first-order chi connectivity index (χ1) is 10.6. The summed E-state index contributed by atoms with van der Waals surface area (Å²) >= 11 is 0. The molecule has 1 amide bonds. The van der Waals surface area contributed by atoms with Gasteiger partial charge in [-0.15, -0.1) is 0 Å². The first-order valence-corrected chi connectivity index (χ1v) is 8.93. The van der Waals surface area contributed by atoms with Crippen LogP contribution in [0.15, 0.2) is 4.99 Å². The molecule has 0 aromatic heterocycles. The Morgan fingerprint density at radius 1 is 1.18 bits per heavy atom. The van der Waals surface area contributed by atoms with Gasteiger partial charge in [0.05, 0.1) is 0 Å². The molecule has 0 aromatic carbocycles. The monoisotopic (exact) mass is 310 g/mol. The zero-order valence-corrected chi connectivity index (χ0v) is 14.7. The zero-order chi connectivity index (χ0) is 16.2. The molecular weight excluding hydrogens is 276 g/mol. The lowest BCUT2D eigenvalue weighted by Gasteiger charge is -2.16. The zero-order valence-electron chi connectivity index (χ0n) is 14.7. The fraction of sp³-hybridized carbons (Fsp3) is 0.882. The van der Waals surface area contributed by atoms with Gasteiger partial charge in [-0.05, 0) is 32.1 Å². The largest absolute Gasteiger partial charge is 0.357 e. The number of aliphatic imine (C=N–C) groups is 1. The second-order valence-corrected chi connectivity index (χ2v) is 6.41. The third-order valence-electron chi connectivity index (χ3n) is 3.89. The van der Waals surface area contributed by atoms with E-state index < -0.39 is 0 Å². The van der Waals surface area contributed by atoms with Crippen molar-refractivity contribution in [1.29, 1.82) is 0 Å². The lowest BCUT2D eigenvalue weighted by molar-refractivity contribution is -0.129. The number of guanidine groups is 1. The van der Waals surface area contributed by atoms with Gasteiger partial charge >= 0.3 is 0 Å². The van der Waals surface area contributed by atoms with Crippen LogP contribution >= 0.6 is 0 Å². The summed E-state index contributed by atoms with van der Waals surface area (Å²) in [6, 6.07) is 0. The fourth-order valence-corrected chi connectivity index (χ4v) is 2.61. The Morgan fingerprint density at radius 3 is 2.55 bits per heavy atom. The second-order valence-electron chi connectivity index (χ2n) is 6.41. The molecule has 0 atom stereocenters. The van der Waals surface area contributed by atoms with Gasteiger partial charge in [0, 0.05) is 39.1 Å². The smallest absolute Gasteiger partial charge is 0.224 e. The molecule has 2 N–H and O–H groups in total. The maximum Gasteiger partial charge on any atom is 0.224 e. The van der Waals surface area contributed by atoms with Crippen molar-refractivity contribution >= 4 is 11.9 Å². The van der Waals surface area contributed by atoms with Crippen molar-refractivity contribution < 1.29 is 4.79 Å². The summed E-state index contributed by atoms with van der Waals surface area (Å²) in [6.45, 7) is 10.8. The Hall–Kier alpha value is -1.26. The summed E-state index contributed by atoms with van der Waals surface area (Å²) < 4.78 is 0. The van der Waals surface area contributed by atoms with Crippen molar-refractivity contribution in [2.45, 2.75) is 59.3 Å². The number of hydrogen-bond acceptors (Lipinski definition) is 2. The van der Waals surface area contributed by atoms with Crippen LogP contribution in [-0.2, 0) is 4.79 Å². The molecule has 0 bridgehead atoms. The molecule has 0 unspecified atom stereocenters. The van der Waals surface area contributed by atoms with Gasteiger partial charge in [-0.25, -0.2) is 0 Å². The molecule has 128 valence electrons. The third-order valence-corrected chi connectivity index (χ3v) is 3.89. The van der Waals surface area contributed by atoms with E-state index in [2.05, 4.69) is 36.4 Å². The van der Waals surface area contributed by atoms with Crippen LogP contribution in [0, 0.1) is 5.92 Å². The van der Waals surface area contributed by atoms with E-state index in [4.69, 9.17) is 0 Å². The van der Waals surface area contributed by atoms with Crippen LogP contribution in [-0.4, -0.2) is 49.5 Å². The molecule has 1 fully saturated rings. The summed E-state index contributed by atoms with van der Waals surface area (Å²) in [4.78, 5) is 18.5. The number of carbonyl (C=O) groups excluding carboxylic acids is 1. The van der Waals surface area contributed by atoms with E-state index in [0.717, 1.165) is 57.3 Å². The van der Waals surface area contributed by atoms with Crippen molar-refractivity contribution in [3.05, 3.63) is 0 Å². The standard InChI is InChI=1S/C17H34N4O/c1-4-18-17(19-11-6-5-9-15(2)3)20-12-10-16(22)21-13-7-8-14-21/h15H,4-14H2,1-3H3,(H2,18,19,20). The molecule has 0 radical (unpaired) electrons.